The lowest BCUT2D eigenvalue weighted by atomic mass is 10.2. The van der Waals surface area contributed by atoms with Gasteiger partial charge in [0.15, 0.2) is 0 Å². The Morgan fingerprint density at radius 2 is 2.00 bits per heavy atom. The minimum absolute atomic E-state index is 0.0592. The van der Waals surface area contributed by atoms with Gasteiger partial charge in [0.1, 0.15) is 11.5 Å². The molecule has 1 aliphatic rings. The highest BCUT2D eigenvalue weighted by molar-refractivity contribution is 9.10. The summed E-state index contributed by atoms with van der Waals surface area (Å²) in [5.74, 6) is -0.161. The summed E-state index contributed by atoms with van der Waals surface area (Å²) in [4.78, 5) is 41.9. The molecule has 0 radical (unpaired) electrons. The van der Waals surface area contributed by atoms with E-state index in [0.29, 0.717) is 28.8 Å². The molecule has 1 aromatic carbocycles. The van der Waals surface area contributed by atoms with Crippen LogP contribution in [-0.4, -0.2) is 25.9 Å². The monoisotopic (exact) mass is 457 g/mol. The average molecular weight is 458 g/mol. The van der Waals surface area contributed by atoms with Crippen molar-refractivity contribution in [2.24, 2.45) is 7.05 Å². The number of amides is 2. The summed E-state index contributed by atoms with van der Waals surface area (Å²) in [5.41, 5.74) is 5.82. The summed E-state index contributed by atoms with van der Waals surface area (Å²) < 4.78 is 4.14. The average Bonchev–Trinajstić information content (AvgIpc) is 3.47. The van der Waals surface area contributed by atoms with Crippen LogP contribution >= 0.6 is 15.9 Å². The summed E-state index contributed by atoms with van der Waals surface area (Å²) in [5, 5.41) is 0.591. The second kappa shape index (κ2) is 7.82. The lowest BCUT2D eigenvalue weighted by Crippen LogP contribution is -2.42. The van der Waals surface area contributed by atoms with E-state index >= 15 is 0 Å². The molecule has 0 aliphatic heterocycles. The van der Waals surface area contributed by atoms with E-state index < -0.39 is 5.91 Å². The number of fused-ring (bicyclic) bond motifs is 1. The Morgan fingerprint density at radius 3 is 2.69 bits per heavy atom. The Kier molecular flexibility index (Phi) is 5.23. The number of nitrogens with one attached hydrogen (secondary N) is 2. The Labute approximate surface area is 175 Å². The standard InChI is InChI=1S/C20H20BrN5O3/c1-25-11-12(21)10-16(25)19(28)24-23-18(27)9-8-17-22-15-5-3-2-4-14(15)20(29)26(17)13-6-7-13/h2-5,10-11,13H,6-9H2,1H3,(H,23,27)(H,24,28). The van der Waals surface area contributed by atoms with E-state index in [1.807, 2.05) is 12.1 Å². The van der Waals surface area contributed by atoms with Crippen LogP contribution in [0.15, 0.2) is 45.8 Å². The van der Waals surface area contributed by atoms with Gasteiger partial charge in [-0.2, -0.15) is 0 Å². The van der Waals surface area contributed by atoms with Gasteiger partial charge in [0.05, 0.1) is 10.9 Å². The summed E-state index contributed by atoms with van der Waals surface area (Å²) in [6.45, 7) is 0. The Bertz CT molecular complexity index is 1160. The zero-order valence-corrected chi connectivity index (χ0v) is 17.4. The van der Waals surface area contributed by atoms with Gasteiger partial charge in [-0.15, -0.1) is 0 Å². The number of aromatic nitrogens is 3. The molecule has 1 saturated carbocycles. The van der Waals surface area contributed by atoms with Crippen LogP contribution in [0.5, 0.6) is 0 Å². The molecule has 3 aromatic rings. The summed E-state index contributed by atoms with van der Waals surface area (Å²) >= 11 is 3.31. The quantitative estimate of drug-likeness (QED) is 0.573. The first-order chi connectivity index (χ1) is 13.9. The number of nitrogens with zero attached hydrogens (tertiary/aromatic N) is 3. The number of hydrogen-bond acceptors (Lipinski definition) is 4. The van der Waals surface area contributed by atoms with Crippen LogP contribution in [0, 0.1) is 0 Å². The molecule has 8 nitrogen and oxygen atoms in total. The first-order valence-corrected chi connectivity index (χ1v) is 10.1. The number of carbonyl (C=O) groups is 2. The molecule has 0 atom stereocenters. The predicted octanol–water partition coefficient (Wildman–Crippen LogP) is 2.23. The van der Waals surface area contributed by atoms with Crippen molar-refractivity contribution in [2.45, 2.75) is 31.7 Å². The van der Waals surface area contributed by atoms with Gasteiger partial charge in [-0.1, -0.05) is 12.1 Å². The molecule has 2 amide bonds. The maximum Gasteiger partial charge on any atom is 0.286 e. The van der Waals surface area contributed by atoms with Gasteiger partial charge >= 0.3 is 0 Å². The summed E-state index contributed by atoms with van der Waals surface area (Å²) in [7, 11) is 1.74. The second-order valence-corrected chi connectivity index (χ2v) is 8.02. The molecule has 2 N–H and O–H groups in total. The number of rotatable bonds is 5. The zero-order chi connectivity index (χ0) is 20.5. The third-order valence-corrected chi connectivity index (χ3v) is 5.32. The van der Waals surface area contributed by atoms with Crippen LogP contribution in [0.2, 0.25) is 0 Å². The van der Waals surface area contributed by atoms with E-state index in [1.165, 1.54) is 0 Å². The fourth-order valence-electron chi connectivity index (χ4n) is 3.31. The van der Waals surface area contributed by atoms with Crippen molar-refractivity contribution in [1.29, 1.82) is 0 Å². The van der Waals surface area contributed by atoms with Crippen molar-refractivity contribution in [2.75, 3.05) is 0 Å². The zero-order valence-electron chi connectivity index (χ0n) is 15.8. The molecule has 0 bridgehead atoms. The van der Waals surface area contributed by atoms with Gasteiger partial charge < -0.3 is 4.57 Å². The molecule has 1 fully saturated rings. The van der Waals surface area contributed by atoms with Crippen LogP contribution in [0.4, 0.5) is 0 Å². The highest BCUT2D eigenvalue weighted by Gasteiger charge is 2.28. The van der Waals surface area contributed by atoms with Gasteiger partial charge in [-0.05, 0) is 47.0 Å². The van der Waals surface area contributed by atoms with Gasteiger partial charge in [0, 0.05) is 36.6 Å². The first kappa shape index (κ1) is 19.4. The van der Waals surface area contributed by atoms with Crippen molar-refractivity contribution >= 4 is 38.6 Å². The van der Waals surface area contributed by atoms with Gasteiger partial charge in [-0.3, -0.25) is 29.8 Å². The minimum Gasteiger partial charge on any atom is -0.345 e. The molecule has 29 heavy (non-hydrogen) atoms. The van der Waals surface area contributed by atoms with Crippen molar-refractivity contribution < 1.29 is 9.59 Å². The van der Waals surface area contributed by atoms with E-state index in [4.69, 9.17) is 0 Å². The van der Waals surface area contributed by atoms with Crippen molar-refractivity contribution in [1.82, 2.24) is 25.0 Å². The van der Waals surface area contributed by atoms with Crippen molar-refractivity contribution in [3.8, 4) is 0 Å². The highest BCUT2D eigenvalue weighted by atomic mass is 79.9. The third-order valence-electron chi connectivity index (χ3n) is 4.89. The Morgan fingerprint density at radius 1 is 1.24 bits per heavy atom. The number of benzene rings is 1. The lowest BCUT2D eigenvalue weighted by molar-refractivity contribution is -0.121. The molecule has 0 spiro atoms. The fourth-order valence-corrected chi connectivity index (χ4v) is 3.83. The molecule has 4 rings (SSSR count). The summed E-state index contributed by atoms with van der Waals surface area (Å²) in [6.07, 6.45) is 4.06. The fraction of sp³-hybridized carbons (Fsp3) is 0.300. The number of para-hydroxylation sites is 1. The lowest BCUT2D eigenvalue weighted by Gasteiger charge is -2.13. The number of aryl methyl sites for hydroxylation is 2. The molecule has 2 heterocycles. The van der Waals surface area contributed by atoms with Crippen molar-refractivity contribution in [3.63, 3.8) is 0 Å². The largest absolute Gasteiger partial charge is 0.345 e. The molecule has 2 aromatic heterocycles. The van der Waals surface area contributed by atoms with Crippen LogP contribution in [0.25, 0.3) is 10.9 Å². The Hall–Kier alpha value is -2.94. The number of carbonyl (C=O) groups excluding carboxylic acids is 2. The molecule has 150 valence electrons. The molecule has 9 heteroatoms. The van der Waals surface area contributed by atoms with E-state index in [2.05, 4.69) is 31.8 Å². The van der Waals surface area contributed by atoms with Crippen LogP contribution in [0.3, 0.4) is 0 Å². The predicted molar refractivity (Wildman–Crippen MR) is 111 cm³/mol. The third kappa shape index (κ3) is 4.09. The minimum atomic E-state index is -0.412. The maximum absolute atomic E-state index is 12.8. The van der Waals surface area contributed by atoms with Gasteiger partial charge in [-0.25, -0.2) is 4.98 Å². The highest BCUT2D eigenvalue weighted by Crippen LogP contribution is 2.34. The number of hydrazine groups is 1. The normalized spacial score (nSPS) is 13.4. The van der Waals surface area contributed by atoms with Crippen LogP contribution < -0.4 is 16.4 Å². The topological polar surface area (TPSA) is 98.0 Å². The maximum atomic E-state index is 12.8. The smallest absolute Gasteiger partial charge is 0.286 e. The molecule has 0 saturated heterocycles. The second-order valence-electron chi connectivity index (χ2n) is 7.11. The molecular formula is C20H20BrN5O3. The van der Waals surface area contributed by atoms with E-state index in [0.717, 1.165) is 17.3 Å². The van der Waals surface area contributed by atoms with Crippen molar-refractivity contribution in [3.05, 3.63) is 62.9 Å². The van der Waals surface area contributed by atoms with E-state index in [9.17, 15) is 14.4 Å². The van der Waals surface area contributed by atoms with E-state index in [-0.39, 0.29) is 23.9 Å². The van der Waals surface area contributed by atoms with Gasteiger partial charge in [0.25, 0.3) is 11.5 Å². The molecule has 1 aliphatic carbocycles. The summed E-state index contributed by atoms with van der Waals surface area (Å²) in [6, 6.07) is 9.06. The first-order valence-electron chi connectivity index (χ1n) is 9.35. The van der Waals surface area contributed by atoms with E-state index in [1.54, 1.807) is 40.6 Å². The number of halogens is 1. The SMILES string of the molecule is Cn1cc(Br)cc1C(=O)NNC(=O)CCc1nc2ccccc2c(=O)n1C1CC1. The van der Waals surface area contributed by atoms with Crippen LogP contribution in [0.1, 0.15) is 41.6 Å². The molecular weight excluding hydrogens is 438 g/mol. The van der Waals surface area contributed by atoms with Gasteiger partial charge in [0.2, 0.25) is 5.91 Å². The number of hydrogen-bond donors (Lipinski definition) is 2. The Balaban J connectivity index is 1.43. The molecule has 0 unspecified atom stereocenters. The van der Waals surface area contributed by atoms with Crippen LogP contribution in [-0.2, 0) is 18.3 Å².